The van der Waals surface area contributed by atoms with Crippen molar-refractivity contribution >= 4 is 29.3 Å². The number of nitrogens with zero attached hydrogens (tertiary/aromatic N) is 1. The molecule has 0 bridgehead atoms. The Morgan fingerprint density at radius 3 is 2.89 bits per heavy atom. The highest BCUT2D eigenvalue weighted by molar-refractivity contribution is 7.99. The molecule has 0 saturated heterocycles. The van der Waals surface area contributed by atoms with Crippen LogP contribution in [0.15, 0.2) is 24.3 Å². The lowest BCUT2D eigenvalue weighted by Gasteiger charge is -2.17. The van der Waals surface area contributed by atoms with Gasteiger partial charge in [0, 0.05) is 24.4 Å². The predicted octanol–water partition coefficient (Wildman–Crippen LogP) is 1.38. The highest BCUT2D eigenvalue weighted by Gasteiger charge is 2.11. The van der Waals surface area contributed by atoms with Crippen LogP contribution in [0.25, 0.3) is 0 Å². The summed E-state index contributed by atoms with van der Waals surface area (Å²) in [6.07, 6.45) is -0.768. The van der Waals surface area contributed by atoms with E-state index in [-0.39, 0.29) is 18.3 Å². The van der Waals surface area contributed by atoms with Crippen LogP contribution in [0.4, 0.5) is 0 Å². The van der Waals surface area contributed by atoms with Gasteiger partial charge in [0.05, 0.1) is 18.5 Å². The van der Waals surface area contributed by atoms with Crippen LogP contribution in [0.2, 0.25) is 5.02 Å². The van der Waals surface area contributed by atoms with E-state index >= 15 is 0 Å². The standard InChI is InChI=1S/C13H18ClNO3S/c1-15(6-10-3-2-4-11(14)5-10)13(18)9-19-8-12(17)7-16/h2-5,12,16-17H,6-9H2,1H3. The molecule has 1 aromatic rings. The van der Waals surface area contributed by atoms with Gasteiger partial charge in [-0.2, -0.15) is 0 Å². The van der Waals surface area contributed by atoms with Crippen molar-refractivity contribution in [3.63, 3.8) is 0 Å². The van der Waals surface area contributed by atoms with E-state index in [1.807, 2.05) is 18.2 Å². The van der Waals surface area contributed by atoms with E-state index in [0.717, 1.165) is 5.56 Å². The van der Waals surface area contributed by atoms with Gasteiger partial charge in [0.1, 0.15) is 0 Å². The van der Waals surface area contributed by atoms with Crippen molar-refractivity contribution in [2.24, 2.45) is 0 Å². The van der Waals surface area contributed by atoms with Crippen LogP contribution in [0, 0.1) is 0 Å². The molecule has 0 saturated carbocycles. The lowest BCUT2D eigenvalue weighted by atomic mass is 10.2. The summed E-state index contributed by atoms with van der Waals surface area (Å²) < 4.78 is 0. The van der Waals surface area contributed by atoms with Crippen molar-refractivity contribution < 1.29 is 15.0 Å². The van der Waals surface area contributed by atoms with Crippen LogP contribution < -0.4 is 0 Å². The summed E-state index contributed by atoms with van der Waals surface area (Å²) in [5.74, 6) is 0.622. The highest BCUT2D eigenvalue weighted by atomic mass is 35.5. The van der Waals surface area contributed by atoms with Crippen LogP contribution >= 0.6 is 23.4 Å². The van der Waals surface area contributed by atoms with Crippen molar-refractivity contribution in [1.29, 1.82) is 0 Å². The van der Waals surface area contributed by atoms with Crippen LogP contribution in [0.5, 0.6) is 0 Å². The zero-order valence-electron chi connectivity index (χ0n) is 10.8. The smallest absolute Gasteiger partial charge is 0.232 e. The number of hydrogen-bond acceptors (Lipinski definition) is 4. The van der Waals surface area contributed by atoms with E-state index in [2.05, 4.69) is 0 Å². The van der Waals surface area contributed by atoms with Crippen molar-refractivity contribution in [2.45, 2.75) is 12.6 Å². The second-order valence-electron chi connectivity index (χ2n) is 4.23. The molecule has 6 heteroatoms. The number of benzene rings is 1. The summed E-state index contributed by atoms with van der Waals surface area (Å²) in [6.45, 7) is 0.224. The minimum atomic E-state index is -0.768. The number of rotatable bonds is 7. The van der Waals surface area contributed by atoms with Crippen molar-refractivity contribution in [2.75, 3.05) is 25.2 Å². The minimum Gasteiger partial charge on any atom is -0.394 e. The van der Waals surface area contributed by atoms with Crippen LogP contribution in [-0.4, -0.2) is 52.3 Å². The van der Waals surface area contributed by atoms with Gasteiger partial charge in [-0.1, -0.05) is 23.7 Å². The molecular formula is C13H18ClNO3S. The molecule has 0 aromatic heterocycles. The Hall–Kier alpha value is -0.750. The molecule has 1 rings (SSSR count). The summed E-state index contributed by atoms with van der Waals surface area (Å²) in [5, 5.41) is 18.5. The van der Waals surface area contributed by atoms with E-state index in [4.69, 9.17) is 21.8 Å². The number of hydrogen-bond donors (Lipinski definition) is 2. The van der Waals surface area contributed by atoms with Gasteiger partial charge >= 0.3 is 0 Å². The Labute approximate surface area is 122 Å². The fraction of sp³-hybridized carbons (Fsp3) is 0.462. The summed E-state index contributed by atoms with van der Waals surface area (Å²) in [6, 6.07) is 7.38. The minimum absolute atomic E-state index is 0.0184. The van der Waals surface area contributed by atoms with Crippen molar-refractivity contribution in [3.05, 3.63) is 34.9 Å². The number of aliphatic hydroxyl groups excluding tert-OH is 2. The largest absolute Gasteiger partial charge is 0.394 e. The van der Waals surface area contributed by atoms with Crippen LogP contribution in [0.1, 0.15) is 5.56 Å². The molecule has 0 aliphatic rings. The molecule has 0 heterocycles. The SMILES string of the molecule is CN(Cc1cccc(Cl)c1)C(=O)CSCC(O)CO. The first-order valence-electron chi connectivity index (χ1n) is 5.88. The summed E-state index contributed by atoms with van der Waals surface area (Å²) in [7, 11) is 1.73. The zero-order valence-corrected chi connectivity index (χ0v) is 12.3. The second kappa shape index (κ2) is 8.43. The fourth-order valence-corrected chi connectivity index (χ4v) is 2.55. The van der Waals surface area contributed by atoms with E-state index in [1.54, 1.807) is 18.0 Å². The number of carbonyl (C=O) groups is 1. The first-order valence-corrected chi connectivity index (χ1v) is 7.41. The third kappa shape index (κ3) is 6.29. The Bertz CT molecular complexity index is 417. The van der Waals surface area contributed by atoms with Crippen LogP contribution in [0.3, 0.4) is 0 Å². The monoisotopic (exact) mass is 303 g/mol. The molecule has 106 valence electrons. The van der Waals surface area contributed by atoms with Crippen LogP contribution in [-0.2, 0) is 11.3 Å². The van der Waals surface area contributed by atoms with Gasteiger partial charge in [-0.05, 0) is 17.7 Å². The molecule has 1 unspecified atom stereocenters. The topological polar surface area (TPSA) is 60.8 Å². The number of halogens is 1. The quantitative estimate of drug-likeness (QED) is 0.799. The molecule has 0 spiro atoms. The lowest BCUT2D eigenvalue weighted by molar-refractivity contribution is -0.127. The first-order chi connectivity index (χ1) is 9.02. The van der Waals surface area contributed by atoms with Crippen molar-refractivity contribution in [1.82, 2.24) is 4.90 Å². The average Bonchev–Trinajstić information content (AvgIpc) is 2.38. The molecular weight excluding hydrogens is 286 g/mol. The number of aliphatic hydroxyl groups is 2. The van der Waals surface area contributed by atoms with E-state index < -0.39 is 6.10 Å². The lowest BCUT2D eigenvalue weighted by Crippen LogP contribution is -2.28. The normalized spacial score (nSPS) is 12.2. The summed E-state index contributed by atoms with van der Waals surface area (Å²) >= 11 is 7.19. The Morgan fingerprint density at radius 2 is 2.26 bits per heavy atom. The maximum absolute atomic E-state index is 11.8. The third-order valence-electron chi connectivity index (χ3n) is 2.48. The Kier molecular flexibility index (Phi) is 7.23. The van der Waals surface area contributed by atoms with Gasteiger partial charge in [0.25, 0.3) is 0 Å². The van der Waals surface area contributed by atoms with Gasteiger partial charge in [-0.25, -0.2) is 0 Å². The molecule has 19 heavy (non-hydrogen) atoms. The molecule has 0 fully saturated rings. The molecule has 0 radical (unpaired) electrons. The predicted molar refractivity (Wildman–Crippen MR) is 78.3 cm³/mol. The summed E-state index contributed by atoms with van der Waals surface area (Å²) in [4.78, 5) is 13.4. The van der Waals surface area contributed by atoms with Crippen molar-refractivity contribution in [3.8, 4) is 0 Å². The molecule has 4 nitrogen and oxygen atoms in total. The number of thioether (sulfide) groups is 1. The van der Waals surface area contributed by atoms with Gasteiger partial charge in [-0.3, -0.25) is 4.79 Å². The molecule has 1 aromatic carbocycles. The van der Waals surface area contributed by atoms with Gasteiger partial charge < -0.3 is 15.1 Å². The zero-order chi connectivity index (χ0) is 14.3. The van der Waals surface area contributed by atoms with Gasteiger partial charge in [0.15, 0.2) is 0 Å². The van der Waals surface area contributed by atoms with E-state index in [9.17, 15) is 4.79 Å². The third-order valence-corrected chi connectivity index (χ3v) is 3.79. The molecule has 1 amide bonds. The fourth-order valence-electron chi connectivity index (χ4n) is 1.44. The molecule has 0 aliphatic heterocycles. The van der Waals surface area contributed by atoms with Gasteiger partial charge in [-0.15, -0.1) is 11.8 Å². The number of amides is 1. The summed E-state index contributed by atoms with van der Waals surface area (Å²) in [5.41, 5.74) is 0.976. The first kappa shape index (κ1) is 16.3. The maximum atomic E-state index is 11.8. The maximum Gasteiger partial charge on any atom is 0.232 e. The Balaban J connectivity index is 2.36. The van der Waals surface area contributed by atoms with E-state index in [1.165, 1.54) is 11.8 Å². The second-order valence-corrected chi connectivity index (χ2v) is 5.70. The highest BCUT2D eigenvalue weighted by Crippen LogP contribution is 2.13. The Morgan fingerprint density at radius 1 is 1.53 bits per heavy atom. The molecule has 2 N–H and O–H groups in total. The molecule has 1 atom stereocenters. The van der Waals surface area contributed by atoms with E-state index in [0.29, 0.717) is 17.3 Å². The average molecular weight is 304 g/mol. The number of carbonyl (C=O) groups excluding carboxylic acids is 1. The van der Waals surface area contributed by atoms with Gasteiger partial charge in [0.2, 0.25) is 5.91 Å². The molecule has 0 aliphatic carbocycles.